The highest BCUT2D eigenvalue weighted by Gasteiger charge is 2.11. The predicted octanol–water partition coefficient (Wildman–Crippen LogP) is 4.45. The van der Waals surface area contributed by atoms with E-state index in [1.807, 2.05) is 13.0 Å². The smallest absolute Gasteiger partial charge is 0.262 e. The van der Waals surface area contributed by atoms with Gasteiger partial charge in [-0.1, -0.05) is 27.5 Å². The van der Waals surface area contributed by atoms with Crippen LogP contribution in [0.1, 0.15) is 5.56 Å². The first-order valence-corrected chi connectivity index (χ1v) is 8.21. The van der Waals surface area contributed by atoms with Gasteiger partial charge in [-0.25, -0.2) is 0 Å². The normalized spacial score (nSPS) is 10.2. The highest BCUT2D eigenvalue weighted by Crippen LogP contribution is 2.32. The Labute approximate surface area is 154 Å². The Morgan fingerprint density at radius 2 is 1.75 bits per heavy atom. The number of amides is 1. The third kappa shape index (κ3) is 4.79. The molecule has 2 rings (SSSR count). The molecule has 0 spiro atoms. The van der Waals surface area contributed by atoms with Crippen LogP contribution in [0.2, 0.25) is 5.02 Å². The Kier molecular flexibility index (Phi) is 6.34. The number of hydrogen-bond acceptors (Lipinski definition) is 4. The van der Waals surface area contributed by atoms with Crippen LogP contribution in [0.4, 0.5) is 5.69 Å². The van der Waals surface area contributed by atoms with Crippen LogP contribution < -0.4 is 19.5 Å². The Morgan fingerprint density at radius 3 is 2.29 bits per heavy atom. The molecule has 0 aliphatic rings. The summed E-state index contributed by atoms with van der Waals surface area (Å²) in [4.78, 5) is 12.1. The van der Waals surface area contributed by atoms with Crippen LogP contribution in [-0.2, 0) is 4.79 Å². The van der Waals surface area contributed by atoms with Gasteiger partial charge in [0.05, 0.1) is 19.2 Å². The van der Waals surface area contributed by atoms with E-state index in [1.54, 1.807) is 38.5 Å². The van der Waals surface area contributed by atoms with Crippen LogP contribution in [0.3, 0.4) is 0 Å². The van der Waals surface area contributed by atoms with Gasteiger partial charge in [0.1, 0.15) is 17.2 Å². The van der Waals surface area contributed by atoms with Crippen molar-refractivity contribution in [1.82, 2.24) is 0 Å². The minimum atomic E-state index is -0.316. The molecule has 0 aliphatic heterocycles. The molecule has 2 aromatic carbocycles. The minimum Gasteiger partial charge on any atom is -0.497 e. The van der Waals surface area contributed by atoms with Gasteiger partial charge in [-0.3, -0.25) is 4.79 Å². The average Bonchev–Trinajstić information content (AvgIpc) is 2.53. The molecule has 128 valence electrons. The van der Waals surface area contributed by atoms with Gasteiger partial charge < -0.3 is 19.5 Å². The molecule has 2 aromatic rings. The van der Waals surface area contributed by atoms with E-state index in [2.05, 4.69) is 21.2 Å². The van der Waals surface area contributed by atoms with Crippen molar-refractivity contribution in [3.8, 4) is 17.2 Å². The standard InChI is InChI=1S/C17H17BrClNO4/c1-10-4-11(18)5-15(19)17(10)24-9-16(21)20-12-6-13(22-2)8-14(7-12)23-3/h4-8H,9H2,1-3H3,(H,20,21). The lowest BCUT2D eigenvalue weighted by atomic mass is 10.2. The monoisotopic (exact) mass is 413 g/mol. The lowest BCUT2D eigenvalue weighted by Crippen LogP contribution is -2.20. The average molecular weight is 415 g/mol. The number of hydrogen-bond donors (Lipinski definition) is 1. The Morgan fingerprint density at radius 1 is 1.12 bits per heavy atom. The van der Waals surface area contributed by atoms with E-state index < -0.39 is 0 Å². The zero-order valence-electron chi connectivity index (χ0n) is 13.5. The topological polar surface area (TPSA) is 56.8 Å². The molecule has 7 heteroatoms. The summed E-state index contributed by atoms with van der Waals surface area (Å²) in [5.41, 5.74) is 1.39. The second kappa shape index (κ2) is 8.26. The van der Waals surface area contributed by atoms with E-state index in [-0.39, 0.29) is 12.5 Å². The van der Waals surface area contributed by atoms with E-state index in [0.717, 1.165) is 10.0 Å². The van der Waals surface area contributed by atoms with E-state index in [1.165, 1.54) is 0 Å². The number of ether oxygens (including phenoxy) is 3. The molecule has 5 nitrogen and oxygen atoms in total. The molecule has 0 radical (unpaired) electrons. The number of nitrogens with one attached hydrogen (secondary N) is 1. The van der Waals surface area contributed by atoms with Crippen LogP contribution >= 0.6 is 27.5 Å². The number of carbonyl (C=O) groups excluding carboxylic acids is 1. The first-order valence-electron chi connectivity index (χ1n) is 7.04. The third-order valence-corrected chi connectivity index (χ3v) is 3.92. The highest BCUT2D eigenvalue weighted by molar-refractivity contribution is 9.10. The van der Waals surface area contributed by atoms with E-state index >= 15 is 0 Å². The van der Waals surface area contributed by atoms with Gasteiger partial charge in [-0.05, 0) is 24.6 Å². The van der Waals surface area contributed by atoms with Crippen molar-refractivity contribution in [2.45, 2.75) is 6.92 Å². The summed E-state index contributed by atoms with van der Waals surface area (Å²) in [5.74, 6) is 1.33. The molecule has 0 heterocycles. The van der Waals surface area contributed by atoms with Crippen molar-refractivity contribution in [2.75, 3.05) is 26.1 Å². The van der Waals surface area contributed by atoms with Gasteiger partial charge >= 0.3 is 0 Å². The number of carbonyl (C=O) groups is 1. The first kappa shape index (κ1) is 18.4. The predicted molar refractivity (Wildman–Crippen MR) is 97.6 cm³/mol. The van der Waals surface area contributed by atoms with E-state index in [4.69, 9.17) is 25.8 Å². The summed E-state index contributed by atoms with van der Waals surface area (Å²) in [5, 5.41) is 3.18. The molecule has 1 amide bonds. The summed E-state index contributed by atoms with van der Waals surface area (Å²) in [6.07, 6.45) is 0. The molecule has 0 saturated heterocycles. The second-order valence-corrected chi connectivity index (χ2v) is 6.29. The van der Waals surface area contributed by atoms with Crippen molar-refractivity contribution in [3.63, 3.8) is 0 Å². The number of halogens is 2. The molecule has 0 aliphatic carbocycles. The minimum absolute atomic E-state index is 0.165. The fraction of sp³-hybridized carbons (Fsp3) is 0.235. The highest BCUT2D eigenvalue weighted by atomic mass is 79.9. The van der Waals surface area contributed by atoms with Crippen molar-refractivity contribution in [2.24, 2.45) is 0 Å². The quantitative estimate of drug-likeness (QED) is 0.759. The van der Waals surface area contributed by atoms with E-state index in [9.17, 15) is 4.79 Å². The fourth-order valence-electron chi connectivity index (χ4n) is 2.09. The number of methoxy groups -OCH3 is 2. The summed E-state index contributed by atoms with van der Waals surface area (Å²) < 4.78 is 16.7. The molecular weight excluding hydrogens is 398 g/mol. The maximum absolute atomic E-state index is 12.1. The van der Waals surface area contributed by atoms with Gasteiger partial charge in [0.25, 0.3) is 5.91 Å². The van der Waals surface area contributed by atoms with Gasteiger partial charge in [0.2, 0.25) is 0 Å². The molecule has 24 heavy (non-hydrogen) atoms. The molecule has 0 aromatic heterocycles. The Hall–Kier alpha value is -1.92. The zero-order chi connectivity index (χ0) is 17.7. The van der Waals surface area contributed by atoms with Crippen LogP contribution in [0.15, 0.2) is 34.8 Å². The molecule has 0 atom stereocenters. The summed E-state index contributed by atoms with van der Waals surface area (Å²) in [6, 6.07) is 8.69. The molecule has 0 bridgehead atoms. The van der Waals surface area contributed by atoms with Crippen LogP contribution in [0.25, 0.3) is 0 Å². The van der Waals surface area contributed by atoms with E-state index in [0.29, 0.717) is 28.0 Å². The first-order chi connectivity index (χ1) is 11.4. The maximum Gasteiger partial charge on any atom is 0.262 e. The molecule has 0 saturated carbocycles. The van der Waals surface area contributed by atoms with Crippen LogP contribution in [-0.4, -0.2) is 26.7 Å². The summed E-state index contributed by atoms with van der Waals surface area (Å²) >= 11 is 9.49. The largest absolute Gasteiger partial charge is 0.497 e. The molecule has 0 fully saturated rings. The van der Waals surface area contributed by atoms with Crippen molar-refractivity contribution in [3.05, 3.63) is 45.4 Å². The number of rotatable bonds is 6. The third-order valence-electron chi connectivity index (χ3n) is 3.18. The summed E-state index contributed by atoms with van der Waals surface area (Å²) in [6.45, 7) is 1.69. The van der Waals surface area contributed by atoms with Crippen molar-refractivity contribution < 1.29 is 19.0 Å². The van der Waals surface area contributed by atoms with Gasteiger partial charge in [-0.15, -0.1) is 0 Å². The number of anilines is 1. The van der Waals surface area contributed by atoms with Crippen LogP contribution in [0, 0.1) is 6.92 Å². The second-order valence-electron chi connectivity index (χ2n) is 4.97. The van der Waals surface area contributed by atoms with Crippen molar-refractivity contribution in [1.29, 1.82) is 0 Å². The Balaban J connectivity index is 2.04. The summed E-state index contributed by atoms with van der Waals surface area (Å²) in [7, 11) is 3.09. The lowest BCUT2D eigenvalue weighted by Gasteiger charge is -2.13. The lowest BCUT2D eigenvalue weighted by molar-refractivity contribution is -0.118. The number of benzene rings is 2. The van der Waals surface area contributed by atoms with Gasteiger partial charge in [-0.2, -0.15) is 0 Å². The molecular formula is C17H17BrClNO4. The maximum atomic E-state index is 12.1. The Bertz CT molecular complexity index is 706. The van der Waals surface area contributed by atoms with Gasteiger partial charge in [0, 0.05) is 28.4 Å². The molecule has 1 N–H and O–H groups in total. The van der Waals surface area contributed by atoms with Crippen LogP contribution in [0.5, 0.6) is 17.2 Å². The SMILES string of the molecule is COc1cc(NC(=O)COc2c(C)cc(Br)cc2Cl)cc(OC)c1. The van der Waals surface area contributed by atoms with Gasteiger partial charge in [0.15, 0.2) is 6.61 Å². The zero-order valence-corrected chi connectivity index (χ0v) is 15.8. The van der Waals surface area contributed by atoms with Crippen molar-refractivity contribution >= 4 is 39.1 Å². The number of aryl methyl sites for hydroxylation is 1. The fourth-order valence-corrected chi connectivity index (χ4v) is 3.11. The molecule has 0 unspecified atom stereocenters.